The van der Waals surface area contributed by atoms with Crippen molar-refractivity contribution in [3.63, 3.8) is 0 Å². The Balaban J connectivity index is 1.44. The van der Waals surface area contributed by atoms with Gasteiger partial charge < -0.3 is 15.3 Å². The molecule has 0 radical (unpaired) electrons. The van der Waals surface area contributed by atoms with Crippen molar-refractivity contribution in [2.45, 2.75) is 6.61 Å². The smallest absolute Gasteiger partial charge is 0.219 e. The molecule has 0 aliphatic rings. The first-order chi connectivity index (χ1) is 14.2. The van der Waals surface area contributed by atoms with Crippen LogP contribution in [0.1, 0.15) is 11.1 Å². The number of para-hydroxylation sites is 1. The monoisotopic (exact) mass is 404 g/mol. The maximum absolute atomic E-state index is 6.30. The van der Waals surface area contributed by atoms with E-state index in [1.807, 2.05) is 54.6 Å². The molecule has 4 rings (SSSR count). The molecule has 0 saturated carbocycles. The van der Waals surface area contributed by atoms with Gasteiger partial charge in [0.2, 0.25) is 5.88 Å². The van der Waals surface area contributed by atoms with Gasteiger partial charge in [-0.25, -0.2) is 4.98 Å². The van der Waals surface area contributed by atoms with E-state index in [2.05, 4.69) is 15.1 Å². The number of rotatable bonds is 6. The molecule has 2 aromatic carbocycles. The molecule has 2 heterocycles. The van der Waals surface area contributed by atoms with E-state index in [0.29, 0.717) is 22.2 Å². The molecular formula is C22H17ClN4O2. The van der Waals surface area contributed by atoms with E-state index in [4.69, 9.17) is 26.9 Å². The Morgan fingerprint density at radius 2 is 1.83 bits per heavy atom. The summed E-state index contributed by atoms with van der Waals surface area (Å²) < 4.78 is 5.66. The number of fused-ring (bicyclic) bond motifs is 1. The lowest BCUT2D eigenvalue weighted by Crippen LogP contribution is -2.14. The van der Waals surface area contributed by atoms with E-state index >= 15 is 0 Å². The van der Waals surface area contributed by atoms with Gasteiger partial charge in [-0.05, 0) is 30.3 Å². The second-order valence-electron chi connectivity index (χ2n) is 6.15. The summed E-state index contributed by atoms with van der Waals surface area (Å²) in [5.41, 5.74) is 8.16. The summed E-state index contributed by atoms with van der Waals surface area (Å²) in [7, 11) is 0. The van der Waals surface area contributed by atoms with Gasteiger partial charge in [-0.1, -0.05) is 47.1 Å². The first-order valence-electron chi connectivity index (χ1n) is 8.87. The first-order valence-corrected chi connectivity index (χ1v) is 9.25. The predicted octanol–water partition coefficient (Wildman–Crippen LogP) is 4.91. The number of hydrogen-bond acceptors (Lipinski definition) is 5. The number of amidine groups is 1. The summed E-state index contributed by atoms with van der Waals surface area (Å²) in [5.74, 6) is 1.37. The van der Waals surface area contributed by atoms with Crippen molar-refractivity contribution in [3.8, 4) is 11.6 Å². The highest BCUT2D eigenvalue weighted by Gasteiger charge is 2.08. The standard InChI is InChI=1S/C22H17ClN4O2/c23-19-10-8-15-5-4-12-25-21(15)18(19)14-28-27-22(24)16-9-11-20(26-13-16)29-17-6-2-1-3-7-17/h1-13H,14H2,(H2,24,27). The van der Waals surface area contributed by atoms with Crippen LogP contribution in [0.5, 0.6) is 11.6 Å². The van der Waals surface area contributed by atoms with Crippen LogP contribution in [-0.2, 0) is 11.4 Å². The van der Waals surface area contributed by atoms with Crippen molar-refractivity contribution >= 4 is 28.3 Å². The Morgan fingerprint density at radius 1 is 0.966 bits per heavy atom. The summed E-state index contributed by atoms with van der Waals surface area (Å²) in [5, 5.41) is 5.52. The number of aromatic nitrogens is 2. The van der Waals surface area contributed by atoms with Crippen LogP contribution in [0.25, 0.3) is 10.9 Å². The fourth-order valence-corrected chi connectivity index (χ4v) is 2.95. The molecule has 29 heavy (non-hydrogen) atoms. The molecule has 0 fully saturated rings. The molecular weight excluding hydrogens is 388 g/mol. The lowest BCUT2D eigenvalue weighted by molar-refractivity contribution is 0.131. The number of nitrogens with two attached hydrogens (primary N) is 1. The summed E-state index contributed by atoms with van der Waals surface area (Å²) in [6, 6.07) is 20.5. The van der Waals surface area contributed by atoms with Gasteiger partial charge in [0.25, 0.3) is 0 Å². The van der Waals surface area contributed by atoms with E-state index in [1.54, 1.807) is 24.5 Å². The largest absolute Gasteiger partial charge is 0.439 e. The highest BCUT2D eigenvalue weighted by molar-refractivity contribution is 6.32. The van der Waals surface area contributed by atoms with E-state index in [9.17, 15) is 0 Å². The summed E-state index contributed by atoms with van der Waals surface area (Å²) in [4.78, 5) is 14.1. The molecule has 0 unspecified atom stereocenters. The zero-order chi connectivity index (χ0) is 20.1. The van der Waals surface area contributed by atoms with Gasteiger partial charge >= 0.3 is 0 Å². The second kappa shape index (κ2) is 8.58. The molecule has 144 valence electrons. The minimum absolute atomic E-state index is 0.149. The van der Waals surface area contributed by atoms with E-state index in [1.165, 1.54) is 0 Å². The second-order valence-corrected chi connectivity index (χ2v) is 6.56. The SMILES string of the molecule is N/C(=N/OCc1c(Cl)ccc2cccnc12)c1ccc(Oc2ccccc2)nc1. The van der Waals surface area contributed by atoms with Crippen molar-refractivity contribution in [3.05, 3.63) is 95.3 Å². The van der Waals surface area contributed by atoms with E-state index in [0.717, 1.165) is 16.5 Å². The number of benzene rings is 2. The Labute approximate surface area is 172 Å². The number of nitrogens with zero attached hydrogens (tertiary/aromatic N) is 3. The zero-order valence-electron chi connectivity index (χ0n) is 15.3. The molecule has 0 aliphatic carbocycles. The zero-order valence-corrected chi connectivity index (χ0v) is 16.1. The molecule has 2 N–H and O–H groups in total. The molecule has 6 nitrogen and oxygen atoms in total. The number of halogens is 1. The third-order valence-corrected chi connectivity index (χ3v) is 4.55. The summed E-state index contributed by atoms with van der Waals surface area (Å²) in [6.07, 6.45) is 3.29. The maximum Gasteiger partial charge on any atom is 0.219 e. The van der Waals surface area contributed by atoms with Crippen LogP contribution >= 0.6 is 11.6 Å². The van der Waals surface area contributed by atoms with Gasteiger partial charge in [0.05, 0.1) is 5.52 Å². The van der Waals surface area contributed by atoms with E-state index < -0.39 is 0 Å². The molecule has 4 aromatic rings. The highest BCUT2D eigenvalue weighted by atomic mass is 35.5. The van der Waals surface area contributed by atoms with Gasteiger partial charge in [-0.2, -0.15) is 0 Å². The van der Waals surface area contributed by atoms with Crippen molar-refractivity contribution in [2.75, 3.05) is 0 Å². The molecule has 0 aliphatic heterocycles. The number of oxime groups is 1. The van der Waals surface area contributed by atoms with Crippen LogP contribution in [0.2, 0.25) is 5.02 Å². The molecule has 2 aromatic heterocycles. The average Bonchev–Trinajstić information content (AvgIpc) is 2.76. The third kappa shape index (κ3) is 4.44. The maximum atomic E-state index is 6.30. The summed E-state index contributed by atoms with van der Waals surface area (Å²) in [6.45, 7) is 0.149. The molecule has 0 amide bonds. The molecule has 7 heteroatoms. The minimum Gasteiger partial charge on any atom is -0.439 e. The summed E-state index contributed by atoms with van der Waals surface area (Å²) >= 11 is 6.30. The Kier molecular flexibility index (Phi) is 5.54. The van der Waals surface area contributed by atoms with Crippen molar-refractivity contribution in [1.82, 2.24) is 9.97 Å². The number of ether oxygens (including phenoxy) is 1. The van der Waals surface area contributed by atoms with Crippen LogP contribution in [0.3, 0.4) is 0 Å². The molecule has 0 atom stereocenters. The topological polar surface area (TPSA) is 82.6 Å². The Bertz CT molecular complexity index is 1150. The Hall–Kier alpha value is -3.64. The lowest BCUT2D eigenvalue weighted by Gasteiger charge is -2.08. The minimum atomic E-state index is 0.149. The highest BCUT2D eigenvalue weighted by Crippen LogP contribution is 2.25. The molecule has 0 bridgehead atoms. The van der Waals surface area contributed by atoms with Crippen molar-refractivity contribution in [1.29, 1.82) is 0 Å². The van der Waals surface area contributed by atoms with Crippen LogP contribution in [0.4, 0.5) is 0 Å². The van der Waals surface area contributed by atoms with Gasteiger partial charge in [0, 0.05) is 40.0 Å². The van der Waals surface area contributed by atoms with Crippen LogP contribution in [-0.4, -0.2) is 15.8 Å². The molecule has 0 spiro atoms. The predicted molar refractivity (Wildman–Crippen MR) is 113 cm³/mol. The van der Waals surface area contributed by atoms with Crippen molar-refractivity contribution in [2.24, 2.45) is 10.9 Å². The van der Waals surface area contributed by atoms with Gasteiger partial charge in [0.1, 0.15) is 12.4 Å². The fraction of sp³-hybridized carbons (Fsp3) is 0.0455. The van der Waals surface area contributed by atoms with Gasteiger partial charge in [-0.3, -0.25) is 4.98 Å². The van der Waals surface area contributed by atoms with E-state index in [-0.39, 0.29) is 12.4 Å². The fourth-order valence-electron chi connectivity index (χ4n) is 2.74. The number of pyridine rings is 2. The van der Waals surface area contributed by atoms with Gasteiger partial charge in [-0.15, -0.1) is 0 Å². The lowest BCUT2D eigenvalue weighted by atomic mass is 10.1. The molecule has 0 saturated heterocycles. The normalized spacial score (nSPS) is 11.4. The van der Waals surface area contributed by atoms with Crippen molar-refractivity contribution < 1.29 is 9.57 Å². The van der Waals surface area contributed by atoms with Gasteiger partial charge in [0.15, 0.2) is 5.84 Å². The van der Waals surface area contributed by atoms with Crippen LogP contribution in [0, 0.1) is 0 Å². The quantitative estimate of drug-likeness (QED) is 0.280. The average molecular weight is 405 g/mol. The third-order valence-electron chi connectivity index (χ3n) is 4.19. The first kappa shape index (κ1) is 18.7. The number of hydrogen-bond donors (Lipinski definition) is 1. The van der Waals surface area contributed by atoms with Crippen LogP contribution < -0.4 is 10.5 Å². The van der Waals surface area contributed by atoms with Crippen LogP contribution in [0.15, 0.2) is 84.3 Å². The Morgan fingerprint density at radius 3 is 2.62 bits per heavy atom.